The third kappa shape index (κ3) is 4.02. The second-order valence-electron chi connectivity index (χ2n) is 6.76. The molecule has 2 rings (SSSR count). The van der Waals surface area contributed by atoms with E-state index in [0.717, 1.165) is 31.5 Å². The van der Waals surface area contributed by atoms with E-state index >= 15 is 0 Å². The molecule has 21 heavy (non-hydrogen) atoms. The van der Waals surface area contributed by atoms with Crippen molar-refractivity contribution in [2.45, 2.75) is 52.3 Å². The average molecular weight is 302 g/mol. The fraction of sp³-hybridized carbons (Fsp3) is 0.667. The zero-order valence-corrected chi connectivity index (χ0v) is 12.5. The average Bonchev–Trinajstić information content (AvgIpc) is 2.27. The summed E-state index contributed by atoms with van der Waals surface area (Å²) in [5.74, 6) is 0.552. The standard InChI is InChI=1S/C15H21F3N2O/c1-9-4-10(7-14(2,3)6-9)21-12-5-13(15(16,17)18)20-8-11(12)19/h5,8-10H,4,6-7,19H2,1-3H3. The first-order valence-corrected chi connectivity index (χ1v) is 7.06. The number of pyridine rings is 1. The van der Waals surface area contributed by atoms with Crippen LogP contribution in [0, 0.1) is 11.3 Å². The van der Waals surface area contributed by atoms with Gasteiger partial charge in [-0.3, -0.25) is 0 Å². The molecule has 6 heteroatoms. The molecule has 1 aromatic rings. The number of anilines is 1. The minimum atomic E-state index is -4.50. The minimum Gasteiger partial charge on any atom is -0.488 e. The van der Waals surface area contributed by atoms with Crippen LogP contribution in [0.1, 0.15) is 45.7 Å². The zero-order chi connectivity index (χ0) is 15.8. The third-order valence-electron chi connectivity index (χ3n) is 3.83. The number of hydrogen-bond acceptors (Lipinski definition) is 3. The Bertz CT molecular complexity index is 514. The predicted molar refractivity (Wildman–Crippen MR) is 74.9 cm³/mol. The van der Waals surface area contributed by atoms with Crippen LogP contribution < -0.4 is 10.5 Å². The molecular formula is C15H21F3N2O. The van der Waals surface area contributed by atoms with Crippen LogP contribution in [0.2, 0.25) is 0 Å². The topological polar surface area (TPSA) is 48.1 Å². The van der Waals surface area contributed by atoms with E-state index in [1.807, 2.05) is 0 Å². The predicted octanol–water partition coefficient (Wildman–Crippen LogP) is 4.28. The fourth-order valence-electron chi connectivity index (χ4n) is 3.23. The Hall–Kier alpha value is -1.46. The Morgan fingerprint density at radius 1 is 1.33 bits per heavy atom. The first-order valence-electron chi connectivity index (χ1n) is 7.06. The highest BCUT2D eigenvalue weighted by Gasteiger charge is 2.35. The molecule has 1 saturated carbocycles. The number of nitrogen functional groups attached to an aromatic ring is 1. The van der Waals surface area contributed by atoms with E-state index in [-0.39, 0.29) is 23.0 Å². The fourth-order valence-corrected chi connectivity index (χ4v) is 3.23. The number of halogens is 3. The lowest BCUT2D eigenvalue weighted by molar-refractivity contribution is -0.141. The highest BCUT2D eigenvalue weighted by Crippen LogP contribution is 2.41. The second-order valence-corrected chi connectivity index (χ2v) is 6.76. The first-order chi connectivity index (χ1) is 9.57. The lowest BCUT2D eigenvalue weighted by Crippen LogP contribution is -2.34. The SMILES string of the molecule is CC1CC(Oc2cc(C(F)(F)F)ncc2N)CC(C)(C)C1. The molecule has 1 aliphatic rings. The molecule has 0 spiro atoms. The van der Waals surface area contributed by atoms with Gasteiger partial charge < -0.3 is 10.5 Å². The Labute approximate surface area is 122 Å². The molecule has 0 aromatic carbocycles. The molecule has 0 aliphatic heterocycles. The summed E-state index contributed by atoms with van der Waals surface area (Å²) in [5, 5.41) is 0. The number of rotatable bonds is 2. The van der Waals surface area contributed by atoms with Crippen LogP contribution in [0.5, 0.6) is 5.75 Å². The molecule has 3 nitrogen and oxygen atoms in total. The van der Waals surface area contributed by atoms with E-state index in [1.165, 1.54) is 0 Å². The minimum absolute atomic E-state index is 0.0761. The van der Waals surface area contributed by atoms with Crippen molar-refractivity contribution < 1.29 is 17.9 Å². The maximum absolute atomic E-state index is 12.7. The highest BCUT2D eigenvalue weighted by molar-refractivity contribution is 5.51. The van der Waals surface area contributed by atoms with E-state index in [1.54, 1.807) is 0 Å². The van der Waals surface area contributed by atoms with Crippen molar-refractivity contribution in [3.63, 3.8) is 0 Å². The molecule has 1 aromatic heterocycles. The van der Waals surface area contributed by atoms with E-state index in [4.69, 9.17) is 10.5 Å². The Morgan fingerprint density at radius 3 is 2.57 bits per heavy atom. The maximum Gasteiger partial charge on any atom is 0.433 e. The van der Waals surface area contributed by atoms with Gasteiger partial charge in [0.25, 0.3) is 0 Å². The molecule has 2 N–H and O–H groups in total. The highest BCUT2D eigenvalue weighted by atomic mass is 19.4. The smallest absolute Gasteiger partial charge is 0.433 e. The largest absolute Gasteiger partial charge is 0.488 e. The summed E-state index contributed by atoms with van der Waals surface area (Å²) in [7, 11) is 0. The summed E-state index contributed by atoms with van der Waals surface area (Å²) in [4.78, 5) is 3.32. The number of alkyl halides is 3. The molecule has 1 aliphatic carbocycles. The molecule has 2 atom stereocenters. The molecule has 1 fully saturated rings. The van der Waals surface area contributed by atoms with Gasteiger partial charge >= 0.3 is 6.18 Å². The van der Waals surface area contributed by atoms with E-state index in [0.29, 0.717) is 5.92 Å². The Balaban J connectivity index is 2.19. The van der Waals surface area contributed by atoms with Gasteiger partial charge in [-0.15, -0.1) is 0 Å². The zero-order valence-electron chi connectivity index (χ0n) is 12.5. The monoisotopic (exact) mass is 302 g/mol. The van der Waals surface area contributed by atoms with Crippen LogP contribution in [-0.2, 0) is 6.18 Å². The lowest BCUT2D eigenvalue weighted by Gasteiger charge is -2.39. The van der Waals surface area contributed by atoms with Crippen LogP contribution in [0.3, 0.4) is 0 Å². The summed E-state index contributed by atoms with van der Waals surface area (Å²) in [6.45, 7) is 6.43. The van der Waals surface area contributed by atoms with Crippen molar-refractivity contribution in [3.05, 3.63) is 18.0 Å². The van der Waals surface area contributed by atoms with Gasteiger partial charge in [-0.05, 0) is 30.6 Å². The first kappa shape index (κ1) is 15.9. The Kier molecular flexibility index (Phi) is 4.08. The van der Waals surface area contributed by atoms with Crippen LogP contribution in [-0.4, -0.2) is 11.1 Å². The molecule has 0 bridgehead atoms. The number of aromatic nitrogens is 1. The third-order valence-corrected chi connectivity index (χ3v) is 3.83. The van der Waals surface area contributed by atoms with Crippen LogP contribution in [0.25, 0.3) is 0 Å². The van der Waals surface area contributed by atoms with Crippen molar-refractivity contribution >= 4 is 5.69 Å². The normalized spacial score (nSPS) is 25.6. The van der Waals surface area contributed by atoms with Crippen molar-refractivity contribution in [2.75, 3.05) is 5.73 Å². The number of nitrogens with zero attached hydrogens (tertiary/aromatic N) is 1. The molecular weight excluding hydrogens is 281 g/mol. The summed E-state index contributed by atoms with van der Waals surface area (Å²) in [6, 6.07) is 0.890. The van der Waals surface area contributed by atoms with Crippen molar-refractivity contribution in [2.24, 2.45) is 11.3 Å². The molecule has 0 saturated heterocycles. The molecule has 118 valence electrons. The molecule has 0 amide bonds. The quantitative estimate of drug-likeness (QED) is 0.887. The number of nitrogens with two attached hydrogens (primary N) is 1. The van der Waals surface area contributed by atoms with Crippen LogP contribution >= 0.6 is 0 Å². The molecule has 1 heterocycles. The van der Waals surface area contributed by atoms with Gasteiger partial charge in [0, 0.05) is 6.07 Å². The summed E-state index contributed by atoms with van der Waals surface area (Å²) in [5.41, 5.74) is 4.98. The Morgan fingerprint density at radius 2 is 2.00 bits per heavy atom. The van der Waals surface area contributed by atoms with Gasteiger partial charge in [-0.25, -0.2) is 4.98 Å². The van der Waals surface area contributed by atoms with E-state index in [2.05, 4.69) is 25.8 Å². The van der Waals surface area contributed by atoms with Crippen LogP contribution in [0.4, 0.5) is 18.9 Å². The van der Waals surface area contributed by atoms with Gasteiger partial charge in [0.05, 0.1) is 18.0 Å². The van der Waals surface area contributed by atoms with Crippen molar-refractivity contribution in [3.8, 4) is 5.75 Å². The maximum atomic E-state index is 12.7. The van der Waals surface area contributed by atoms with Gasteiger partial charge in [0.15, 0.2) is 0 Å². The number of ether oxygens (including phenoxy) is 1. The van der Waals surface area contributed by atoms with Crippen molar-refractivity contribution in [1.82, 2.24) is 4.98 Å². The summed E-state index contributed by atoms with van der Waals surface area (Å²) < 4.78 is 43.9. The molecule has 2 unspecified atom stereocenters. The van der Waals surface area contributed by atoms with Gasteiger partial charge in [0.1, 0.15) is 11.4 Å². The molecule has 0 radical (unpaired) electrons. The lowest BCUT2D eigenvalue weighted by atomic mass is 9.71. The van der Waals surface area contributed by atoms with Gasteiger partial charge in [-0.1, -0.05) is 20.8 Å². The van der Waals surface area contributed by atoms with Gasteiger partial charge in [-0.2, -0.15) is 13.2 Å². The summed E-state index contributed by atoms with van der Waals surface area (Å²) in [6.07, 6.45) is -0.880. The van der Waals surface area contributed by atoms with Crippen LogP contribution in [0.15, 0.2) is 12.3 Å². The van der Waals surface area contributed by atoms with Crippen molar-refractivity contribution in [1.29, 1.82) is 0 Å². The van der Waals surface area contributed by atoms with Gasteiger partial charge in [0.2, 0.25) is 0 Å². The van der Waals surface area contributed by atoms with E-state index < -0.39 is 11.9 Å². The van der Waals surface area contributed by atoms with E-state index in [9.17, 15) is 13.2 Å². The second kappa shape index (κ2) is 5.39. The summed E-state index contributed by atoms with van der Waals surface area (Å²) >= 11 is 0. The number of hydrogen-bond donors (Lipinski definition) is 1.